The van der Waals surface area contributed by atoms with Gasteiger partial charge in [-0.3, -0.25) is 9.59 Å². The molecule has 148 valence electrons. The van der Waals surface area contributed by atoms with E-state index in [0.717, 1.165) is 43.4 Å². The minimum absolute atomic E-state index is 0.00676. The standard InChI is InChI=1S/C20H34N2O4/c1-25-7-8-26-6-2-4-21-18(23)3-5-22-19(24)20-12-15-9-16(13-20)11-17(10-15)14-20/h15-17H,2-14H2,1H3,(H,21,23)(H,22,24). The van der Waals surface area contributed by atoms with E-state index in [4.69, 9.17) is 9.47 Å². The van der Waals surface area contributed by atoms with Gasteiger partial charge >= 0.3 is 0 Å². The van der Waals surface area contributed by atoms with Crippen molar-refractivity contribution in [1.82, 2.24) is 10.6 Å². The maximum absolute atomic E-state index is 12.8. The van der Waals surface area contributed by atoms with Crippen LogP contribution in [0.15, 0.2) is 0 Å². The molecular formula is C20H34N2O4. The van der Waals surface area contributed by atoms with Crippen LogP contribution < -0.4 is 10.6 Å². The molecule has 2 N–H and O–H groups in total. The van der Waals surface area contributed by atoms with Crippen molar-refractivity contribution in [2.45, 2.75) is 51.4 Å². The first-order chi connectivity index (χ1) is 12.6. The Bertz CT molecular complexity index is 459. The summed E-state index contributed by atoms with van der Waals surface area (Å²) in [5.41, 5.74) is -0.120. The van der Waals surface area contributed by atoms with E-state index in [1.165, 1.54) is 19.3 Å². The molecule has 0 aliphatic heterocycles. The van der Waals surface area contributed by atoms with Gasteiger partial charge in [-0.25, -0.2) is 0 Å². The molecule has 0 heterocycles. The Morgan fingerprint density at radius 1 is 0.923 bits per heavy atom. The second-order valence-corrected chi connectivity index (χ2v) is 8.51. The largest absolute Gasteiger partial charge is 0.382 e. The Hall–Kier alpha value is -1.14. The molecule has 0 aromatic rings. The first-order valence-electron chi connectivity index (χ1n) is 10.2. The van der Waals surface area contributed by atoms with Gasteiger partial charge in [0.25, 0.3) is 0 Å². The van der Waals surface area contributed by atoms with E-state index >= 15 is 0 Å². The summed E-state index contributed by atoms with van der Waals surface area (Å²) in [6.07, 6.45) is 8.36. The number of carbonyl (C=O) groups excluding carboxylic acids is 2. The van der Waals surface area contributed by atoms with Crippen LogP contribution in [-0.2, 0) is 19.1 Å². The lowest BCUT2D eigenvalue weighted by atomic mass is 9.49. The van der Waals surface area contributed by atoms with E-state index in [0.29, 0.717) is 39.3 Å². The van der Waals surface area contributed by atoms with Gasteiger partial charge in [0.05, 0.1) is 13.2 Å². The van der Waals surface area contributed by atoms with Crippen LogP contribution in [0.2, 0.25) is 0 Å². The fourth-order valence-corrected chi connectivity index (χ4v) is 5.60. The average molecular weight is 367 g/mol. The van der Waals surface area contributed by atoms with Crippen LogP contribution in [0.3, 0.4) is 0 Å². The fraction of sp³-hybridized carbons (Fsp3) is 0.900. The number of hydrogen-bond acceptors (Lipinski definition) is 4. The zero-order valence-corrected chi connectivity index (χ0v) is 16.1. The van der Waals surface area contributed by atoms with Crippen molar-refractivity contribution in [2.24, 2.45) is 23.2 Å². The predicted octanol–water partition coefficient (Wildman–Crippen LogP) is 1.88. The van der Waals surface area contributed by atoms with Crippen LogP contribution in [-0.4, -0.2) is 51.8 Å². The van der Waals surface area contributed by atoms with E-state index < -0.39 is 0 Å². The zero-order chi connectivity index (χ0) is 18.4. The molecule has 0 aromatic carbocycles. The smallest absolute Gasteiger partial charge is 0.226 e. The molecule has 4 aliphatic carbocycles. The highest BCUT2D eigenvalue weighted by Gasteiger charge is 2.54. The number of rotatable bonds is 11. The Labute approximate surface area is 156 Å². The molecular weight excluding hydrogens is 332 g/mol. The summed E-state index contributed by atoms with van der Waals surface area (Å²) in [5, 5.41) is 5.94. The van der Waals surface area contributed by atoms with E-state index in [2.05, 4.69) is 10.6 Å². The van der Waals surface area contributed by atoms with Crippen molar-refractivity contribution < 1.29 is 19.1 Å². The normalized spacial score (nSPS) is 31.8. The molecule has 4 fully saturated rings. The molecule has 2 amide bonds. The van der Waals surface area contributed by atoms with Crippen molar-refractivity contribution in [3.8, 4) is 0 Å². The first kappa shape index (κ1) is 19.6. The Morgan fingerprint density at radius 3 is 2.19 bits per heavy atom. The SMILES string of the molecule is COCCOCCCNC(=O)CCNC(=O)C12CC3CC(CC(C3)C1)C2. The number of ether oxygens (including phenoxy) is 2. The van der Waals surface area contributed by atoms with Gasteiger partial charge in [-0.05, 0) is 62.7 Å². The van der Waals surface area contributed by atoms with Crippen LogP contribution in [0, 0.1) is 23.2 Å². The summed E-state index contributed by atoms with van der Waals surface area (Å²) in [6, 6.07) is 0. The molecule has 0 atom stereocenters. The van der Waals surface area contributed by atoms with Crippen molar-refractivity contribution >= 4 is 11.8 Å². The molecule has 0 saturated heterocycles. The molecule has 4 saturated carbocycles. The lowest BCUT2D eigenvalue weighted by molar-refractivity contribution is -0.146. The maximum Gasteiger partial charge on any atom is 0.226 e. The highest BCUT2D eigenvalue weighted by molar-refractivity contribution is 5.84. The van der Waals surface area contributed by atoms with Crippen molar-refractivity contribution in [2.75, 3.05) is 40.0 Å². The zero-order valence-electron chi connectivity index (χ0n) is 16.1. The summed E-state index contributed by atoms with van der Waals surface area (Å²) in [7, 11) is 1.64. The average Bonchev–Trinajstić information content (AvgIpc) is 2.59. The number of methoxy groups -OCH3 is 1. The Balaban J connectivity index is 1.28. The monoisotopic (exact) mass is 366 g/mol. The number of amides is 2. The molecule has 4 aliphatic rings. The van der Waals surface area contributed by atoms with Crippen molar-refractivity contribution in [1.29, 1.82) is 0 Å². The maximum atomic E-state index is 12.8. The highest BCUT2D eigenvalue weighted by atomic mass is 16.5. The van der Waals surface area contributed by atoms with Crippen LogP contribution in [0.5, 0.6) is 0 Å². The molecule has 0 radical (unpaired) electrons. The highest BCUT2D eigenvalue weighted by Crippen LogP contribution is 2.60. The predicted molar refractivity (Wildman–Crippen MR) is 98.6 cm³/mol. The van der Waals surface area contributed by atoms with Crippen LogP contribution in [0.25, 0.3) is 0 Å². The lowest BCUT2D eigenvalue weighted by Crippen LogP contribution is -2.53. The van der Waals surface area contributed by atoms with Gasteiger partial charge in [0.1, 0.15) is 0 Å². The quantitative estimate of drug-likeness (QED) is 0.548. The Kier molecular flexibility index (Phi) is 6.92. The third kappa shape index (κ3) is 4.97. The van der Waals surface area contributed by atoms with Gasteiger partial charge in [0.2, 0.25) is 11.8 Å². The van der Waals surface area contributed by atoms with E-state index in [-0.39, 0.29) is 17.2 Å². The molecule has 4 rings (SSSR count). The minimum atomic E-state index is -0.120. The van der Waals surface area contributed by atoms with Crippen LogP contribution in [0.1, 0.15) is 51.4 Å². The van der Waals surface area contributed by atoms with Gasteiger partial charge in [-0.15, -0.1) is 0 Å². The van der Waals surface area contributed by atoms with E-state index in [1.54, 1.807) is 7.11 Å². The topological polar surface area (TPSA) is 76.7 Å². The van der Waals surface area contributed by atoms with Crippen LogP contribution in [0.4, 0.5) is 0 Å². The van der Waals surface area contributed by atoms with E-state index in [9.17, 15) is 9.59 Å². The van der Waals surface area contributed by atoms with Crippen molar-refractivity contribution in [3.05, 3.63) is 0 Å². The molecule has 6 heteroatoms. The molecule has 4 bridgehead atoms. The molecule has 0 unspecified atom stereocenters. The summed E-state index contributed by atoms with van der Waals surface area (Å²) in [5.74, 6) is 2.49. The first-order valence-corrected chi connectivity index (χ1v) is 10.2. The van der Waals surface area contributed by atoms with Crippen LogP contribution >= 0.6 is 0 Å². The van der Waals surface area contributed by atoms with Gasteiger partial charge in [-0.1, -0.05) is 0 Å². The van der Waals surface area contributed by atoms with Gasteiger partial charge in [0, 0.05) is 38.6 Å². The molecule has 26 heavy (non-hydrogen) atoms. The molecule has 6 nitrogen and oxygen atoms in total. The summed E-state index contributed by atoms with van der Waals surface area (Å²) in [6.45, 7) is 2.84. The van der Waals surface area contributed by atoms with Gasteiger partial charge < -0.3 is 20.1 Å². The fourth-order valence-electron chi connectivity index (χ4n) is 5.60. The second kappa shape index (κ2) is 9.18. The van der Waals surface area contributed by atoms with E-state index in [1.807, 2.05) is 0 Å². The third-order valence-electron chi connectivity index (χ3n) is 6.38. The minimum Gasteiger partial charge on any atom is -0.382 e. The number of hydrogen-bond donors (Lipinski definition) is 2. The molecule has 0 spiro atoms. The van der Waals surface area contributed by atoms with Crippen molar-refractivity contribution in [3.63, 3.8) is 0 Å². The number of nitrogens with one attached hydrogen (secondary N) is 2. The van der Waals surface area contributed by atoms with Gasteiger partial charge in [-0.2, -0.15) is 0 Å². The number of carbonyl (C=O) groups is 2. The summed E-state index contributed by atoms with van der Waals surface area (Å²) < 4.78 is 10.2. The molecule has 0 aromatic heterocycles. The van der Waals surface area contributed by atoms with Gasteiger partial charge in [0.15, 0.2) is 0 Å². The lowest BCUT2D eigenvalue weighted by Gasteiger charge is -2.55. The second-order valence-electron chi connectivity index (χ2n) is 8.51. The summed E-state index contributed by atoms with van der Waals surface area (Å²) in [4.78, 5) is 24.7. The Morgan fingerprint density at radius 2 is 1.58 bits per heavy atom. The summed E-state index contributed by atoms with van der Waals surface area (Å²) >= 11 is 0. The third-order valence-corrected chi connectivity index (χ3v) is 6.38.